The zero-order valence-corrected chi connectivity index (χ0v) is 9.97. The van der Waals surface area contributed by atoms with Crippen LogP contribution in [0.3, 0.4) is 0 Å². The summed E-state index contributed by atoms with van der Waals surface area (Å²) in [5, 5.41) is 8.37. The van der Waals surface area contributed by atoms with Gasteiger partial charge in [0.25, 0.3) is 0 Å². The molecule has 1 aromatic carbocycles. The second-order valence-corrected chi connectivity index (χ2v) is 4.23. The van der Waals surface area contributed by atoms with Gasteiger partial charge in [-0.3, -0.25) is 0 Å². The Balaban J connectivity index is 3.14. The van der Waals surface area contributed by atoms with Crippen molar-refractivity contribution in [1.82, 2.24) is 0 Å². The van der Waals surface area contributed by atoms with E-state index in [1.165, 1.54) is 12.1 Å². The van der Waals surface area contributed by atoms with Crippen molar-refractivity contribution in [2.75, 3.05) is 0 Å². The van der Waals surface area contributed by atoms with E-state index in [1.807, 2.05) is 0 Å². The zero-order chi connectivity index (χ0) is 10.7. The molecule has 0 radical (unpaired) electrons. The van der Waals surface area contributed by atoms with E-state index in [4.69, 9.17) is 5.11 Å². The summed E-state index contributed by atoms with van der Waals surface area (Å²) in [5.41, 5.74) is 0.216. The topological polar surface area (TPSA) is 37.3 Å². The molecule has 0 bridgehead atoms. The van der Waals surface area contributed by atoms with Gasteiger partial charge in [-0.25, -0.2) is 9.18 Å². The molecule has 0 aliphatic rings. The number of benzene rings is 1. The van der Waals surface area contributed by atoms with Gasteiger partial charge in [-0.15, -0.1) is 0 Å². The molecule has 2 nitrogen and oxygen atoms in total. The lowest BCUT2D eigenvalue weighted by molar-refractivity contribution is -0.131. The molecule has 0 saturated carbocycles. The lowest BCUT2D eigenvalue weighted by atomic mass is 10.2. The number of carbonyl (C=O) groups is 1. The van der Waals surface area contributed by atoms with Crippen LogP contribution >= 0.6 is 31.9 Å². The van der Waals surface area contributed by atoms with E-state index in [-0.39, 0.29) is 10.0 Å². The summed E-state index contributed by atoms with van der Waals surface area (Å²) in [5.74, 6) is -1.59. The molecule has 0 saturated heterocycles. The molecule has 5 heteroatoms. The van der Waals surface area contributed by atoms with Gasteiger partial charge in [0.15, 0.2) is 0 Å². The quantitative estimate of drug-likeness (QED) is 0.668. The first-order chi connectivity index (χ1) is 6.50. The Morgan fingerprint density at radius 3 is 2.64 bits per heavy atom. The Labute approximate surface area is 96.7 Å². The minimum atomic E-state index is -1.11. The molecule has 0 heterocycles. The van der Waals surface area contributed by atoms with Crippen molar-refractivity contribution in [3.05, 3.63) is 38.5 Å². The van der Waals surface area contributed by atoms with Crippen molar-refractivity contribution in [2.45, 2.75) is 0 Å². The Kier molecular flexibility index (Phi) is 3.83. The normalized spacial score (nSPS) is 10.8. The number of hydrogen-bond acceptors (Lipinski definition) is 1. The highest BCUT2D eigenvalue weighted by molar-refractivity contribution is 9.11. The summed E-state index contributed by atoms with van der Waals surface area (Å²) in [6.07, 6.45) is 2.09. The molecule has 1 rings (SSSR count). The Bertz CT molecular complexity index is 402. The van der Waals surface area contributed by atoms with Crippen LogP contribution in [0.25, 0.3) is 6.08 Å². The van der Waals surface area contributed by atoms with Gasteiger partial charge in [-0.1, -0.05) is 15.9 Å². The molecular weight excluding hydrogens is 319 g/mol. The van der Waals surface area contributed by atoms with Crippen LogP contribution in [0.5, 0.6) is 0 Å². The highest BCUT2D eigenvalue weighted by atomic mass is 79.9. The first kappa shape index (κ1) is 11.4. The molecule has 74 valence electrons. The fraction of sp³-hybridized carbons (Fsp3) is 0. The molecule has 0 aromatic heterocycles. The van der Waals surface area contributed by atoms with Gasteiger partial charge < -0.3 is 5.11 Å². The van der Waals surface area contributed by atoms with Crippen LogP contribution in [0.15, 0.2) is 27.2 Å². The minimum absolute atomic E-state index is 0.216. The van der Waals surface area contributed by atoms with E-state index in [2.05, 4.69) is 31.9 Å². The molecule has 0 aliphatic heterocycles. The van der Waals surface area contributed by atoms with E-state index in [9.17, 15) is 9.18 Å². The summed E-state index contributed by atoms with van der Waals surface area (Å²) in [6.45, 7) is 0. The highest BCUT2D eigenvalue weighted by Gasteiger charge is 2.05. The van der Waals surface area contributed by atoms with Crippen molar-refractivity contribution < 1.29 is 14.3 Å². The smallest absolute Gasteiger partial charge is 0.328 e. The Hall–Kier alpha value is -0.680. The van der Waals surface area contributed by atoms with Crippen LogP contribution in [-0.4, -0.2) is 11.1 Å². The highest BCUT2D eigenvalue weighted by Crippen LogP contribution is 2.25. The fourth-order valence-corrected chi connectivity index (χ4v) is 2.12. The van der Waals surface area contributed by atoms with Crippen molar-refractivity contribution >= 4 is 43.9 Å². The largest absolute Gasteiger partial charge is 0.478 e. The second kappa shape index (κ2) is 4.70. The van der Waals surface area contributed by atoms with Crippen LogP contribution in [0.4, 0.5) is 4.39 Å². The Morgan fingerprint density at radius 1 is 1.43 bits per heavy atom. The Morgan fingerprint density at radius 2 is 2.07 bits per heavy atom. The third kappa shape index (κ3) is 2.92. The molecule has 0 atom stereocenters. The van der Waals surface area contributed by atoms with E-state index in [1.54, 1.807) is 6.07 Å². The van der Waals surface area contributed by atoms with Crippen LogP contribution in [0, 0.1) is 5.82 Å². The average molecular weight is 324 g/mol. The molecular formula is C9H5Br2FO2. The summed E-state index contributed by atoms with van der Waals surface area (Å²) in [7, 11) is 0. The first-order valence-corrected chi connectivity index (χ1v) is 5.15. The van der Waals surface area contributed by atoms with E-state index >= 15 is 0 Å². The number of hydrogen-bond donors (Lipinski definition) is 1. The second-order valence-electron chi connectivity index (χ2n) is 2.46. The van der Waals surface area contributed by atoms with Crippen LogP contribution < -0.4 is 0 Å². The van der Waals surface area contributed by atoms with Gasteiger partial charge in [0.05, 0.1) is 4.47 Å². The zero-order valence-electron chi connectivity index (χ0n) is 6.80. The monoisotopic (exact) mass is 322 g/mol. The van der Waals surface area contributed by atoms with Gasteiger partial charge in [0.2, 0.25) is 0 Å². The molecule has 1 aromatic rings. The number of halogens is 3. The summed E-state index contributed by atoms with van der Waals surface area (Å²) in [4.78, 5) is 10.2. The maximum absolute atomic E-state index is 13.3. The van der Waals surface area contributed by atoms with Gasteiger partial charge in [0.1, 0.15) is 5.82 Å². The minimum Gasteiger partial charge on any atom is -0.478 e. The molecule has 1 N–H and O–H groups in total. The third-order valence-electron chi connectivity index (χ3n) is 1.43. The van der Waals surface area contributed by atoms with Crippen LogP contribution in [0.1, 0.15) is 5.56 Å². The summed E-state index contributed by atoms with van der Waals surface area (Å²) in [6, 6.07) is 3.05. The number of carboxylic acid groups (broad SMARTS) is 1. The molecule has 0 fully saturated rings. The number of carboxylic acids is 1. The van der Waals surface area contributed by atoms with Gasteiger partial charge in [-0.05, 0) is 34.1 Å². The lowest BCUT2D eigenvalue weighted by Gasteiger charge is -2.00. The van der Waals surface area contributed by atoms with Gasteiger partial charge in [0, 0.05) is 16.1 Å². The molecule has 0 spiro atoms. The SMILES string of the molecule is O=C(O)C=Cc1cc(Br)cc(Br)c1F. The molecule has 0 amide bonds. The molecule has 0 unspecified atom stereocenters. The number of aliphatic carboxylic acids is 1. The van der Waals surface area contributed by atoms with Crippen molar-refractivity contribution in [2.24, 2.45) is 0 Å². The van der Waals surface area contributed by atoms with Crippen LogP contribution in [0.2, 0.25) is 0 Å². The van der Waals surface area contributed by atoms with Crippen molar-refractivity contribution in [1.29, 1.82) is 0 Å². The van der Waals surface area contributed by atoms with E-state index < -0.39 is 11.8 Å². The van der Waals surface area contributed by atoms with Gasteiger partial charge in [-0.2, -0.15) is 0 Å². The van der Waals surface area contributed by atoms with Crippen LogP contribution in [-0.2, 0) is 4.79 Å². The molecule has 0 aliphatic carbocycles. The summed E-state index contributed by atoms with van der Waals surface area (Å²) >= 11 is 6.19. The van der Waals surface area contributed by atoms with E-state index in [0.717, 1.165) is 6.08 Å². The van der Waals surface area contributed by atoms with E-state index in [0.29, 0.717) is 4.47 Å². The third-order valence-corrected chi connectivity index (χ3v) is 2.46. The fourth-order valence-electron chi connectivity index (χ4n) is 0.858. The molecule has 14 heavy (non-hydrogen) atoms. The maximum Gasteiger partial charge on any atom is 0.328 e. The first-order valence-electron chi connectivity index (χ1n) is 3.56. The predicted molar refractivity (Wildman–Crippen MR) is 58.5 cm³/mol. The van der Waals surface area contributed by atoms with Gasteiger partial charge >= 0.3 is 5.97 Å². The van der Waals surface area contributed by atoms with Crippen molar-refractivity contribution in [3.63, 3.8) is 0 Å². The number of rotatable bonds is 2. The average Bonchev–Trinajstić information content (AvgIpc) is 2.08. The van der Waals surface area contributed by atoms with Crippen molar-refractivity contribution in [3.8, 4) is 0 Å². The maximum atomic E-state index is 13.3. The standard InChI is InChI=1S/C9H5Br2FO2/c10-6-3-5(1-2-8(13)14)9(12)7(11)4-6/h1-4H,(H,13,14). The summed E-state index contributed by atoms with van der Waals surface area (Å²) < 4.78 is 14.3. The predicted octanol–water partition coefficient (Wildman–Crippen LogP) is 3.45. The lowest BCUT2D eigenvalue weighted by Crippen LogP contribution is -1.88.